The molecule has 0 saturated heterocycles. The molecule has 32 heavy (non-hydrogen) atoms. The standard InChI is InChI=1S/C24H28N6O2/c1-14-9-16(7-8-18(14)15(2)28-23(31)32-24(3,4)5)21-19-10-20(17-11-27-30(6)12-17)29-22(19)26-13-25-21/h7-13,15H,1-6H3,(H,28,31)(H,25,26,29). The Morgan fingerprint density at radius 1 is 1.19 bits per heavy atom. The molecule has 3 aromatic heterocycles. The van der Waals surface area contributed by atoms with Crippen molar-refractivity contribution in [1.82, 2.24) is 30.0 Å². The SMILES string of the molecule is Cc1cc(-c2ncnc3[nH]c(-c4cnn(C)c4)cc23)ccc1C(C)NC(=O)OC(C)(C)C. The van der Waals surface area contributed by atoms with Crippen LogP contribution in [0, 0.1) is 6.92 Å². The second kappa shape index (κ2) is 8.11. The first-order valence-electron chi connectivity index (χ1n) is 10.5. The number of alkyl carbamates (subject to hydrolysis) is 1. The van der Waals surface area contributed by atoms with Gasteiger partial charge in [-0.15, -0.1) is 0 Å². The zero-order chi connectivity index (χ0) is 23.0. The van der Waals surface area contributed by atoms with Gasteiger partial charge in [0.1, 0.15) is 17.6 Å². The Hall–Kier alpha value is -3.68. The molecule has 4 rings (SSSR count). The molecule has 0 saturated carbocycles. The normalized spacial score (nSPS) is 12.7. The lowest BCUT2D eigenvalue weighted by Crippen LogP contribution is -2.34. The second-order valence-electron chi connectivity index (χ2n) is 9.01. The summed E-state index contributed by atoms with van der Waals surface area (Å²) in [6.45, 7) is 9.52. The number of nitrogens with zero attached hydrogens (tertiary/aromatic N) is 4. The van der Waals surface area contributed by atoms with E-state index in [1.54, 1.807) is 11.0 Å². The first-order chi connectivity index (χ1) is 15.1. The molecule has 3 heterocycles. The highest BCUT2D eigenvalue weighted by Crippen LogP contribution is 2.31. The highest BCUT2D eigenvalue weighted by atomic mass is 16.6. The number of hydrogen-bond acceptors (Lipinski definition) is 5. The quantitative estimate of drug-likeness (QED) is 0.477. The molecule has 1 aromatic carbocycles. The van der Waals surface area contributed by atoms with Crippen molar-refractivity contribution in [2.45, 2.75) is 46.3 Å². The fourth-order valence-electron chi connectivity index (χ4n) is 3.76. The number of nitrogens with one attached hydrogen (secondary N) is 2. The van der Waals surface area contributed by atoms with Gasteiger partial charge in [0.05, 0.1) is 23.6 Å². The van der Waals surface area contributed by atoms with E-state index in [0.29, 0.717) is 0 Å². The topological polar surface area (TPSA) is 97.7 Å². The van der Waals surface area contributed by atoms with Crippen molar-refractivity contribution in [3.63, 3.8) is 0 Å². The zero-order valence-corrected chi connectivity index (χ0v) is 19.2. The molecule has 0 aliphatic carbocycles. The Bertz CT molecular complexity index is 1280. The van der Waals surface area contributed by atoms with Crippen LogP contribution in [-0.2, 0) is 11.8 Å². The number of H-pyrrole nitrogens is 1. The number of benzene rings is 1. The van der Waals surface area contributed by atoms with E-state index in [4.69, 9.17) is 4.74 Å². The molecule has 1 unspecified atom stereocenters. The molecule has 8 heteroatoms. The first-order valence-corrected chi connectivity index (χ1v) is 10.5. The molecular weight excluding hydrogens is 404 g/mol. The van der Waals surface area contributed by atoms with Crippen LogP contribution in [0.3, 0.4) is 0 Å². The van der Waals surface area contributed by atoms with Gasteiger partial charge in [-0.1, -0.05) is 12.1 Å². The van der Waals surface area contributed by atoms with E-state index >= 15 is 0 Å². The van der Waals surface area contributed by atoms with E-state index in [9.17, 15) is 4.79 Å². The minimum atomic E-state index is -0.535. The van der Waals surface area contributed by atoms with Gasteiger partial charge in [-0.25, -0.2) is 14.8 Å². The molecular formula is C24H28N6O2. The lowest BCUT2D eigenvalue weighted by molar-refractivity contribution is 0.0508. The smallest absolute Gasteiger partial charge is 0.408 e. The van der Waals surface area contributed by atoms with E-state index in [2.05, 4.69) is 37.5 Å². The molecule has 0 spiro atoms. The van der Waals surface area contributed by atoms with Crippen molar-refractivity contribution in [2.24, 2.45) is 7.05 Å². The maximum atomic E-state index is 12.1. The lowest BCUT2D eigenvalue weighted by atomic mass is 9.98. The van der Waals surface area contributed by atoms with Crippen LogP contribution in [0.1, 0.15) is 44.9 Å². The number of rotatable bonds is 4. The number of ether oxygens (including phenoxy) is 1. The zero-order valence-electron chi connectivity index (χ0n) is 19.2. The molecule has 0 fully saturated rings. The molecule has 0 aliphatic heterocycles. The summed E-state index contributed by atoms with van der Waals surface area (Å²) in [6, 6.07) is 8.00. The van der Waals surface area contributed by atoms with Crippen LogP contribution in [0.2, 0.25) is 0 Å². The van der Waals surface area contributed by atoms with E-state index < -0.39 is 11.7 Å². The molecule has 2 N–H and O–H groups in total. The third-order valence-corrected chi connectivity index (χ3v) is 5.18. The van der Waals surface area contributed by atoms with Gasteiger partial charge in [0.2, 0.25) is 0 Å². The number of aryl methyl sites for hydroxylation is 2. The largest absolute Gasteiger partial charge is 0.444 e. The summed E-state index contributed by atoms with van der Waals surface area (Å²) in [4.78, 5) is 24.5. The van der Waals surface area contributed by atoms with Crippen LogP contribution in [0.5, 0.6) is 0 Å². The van der Waals surface area contributed by atoms with E-state index in [1.807, 2.05) is 66.2 Å². The maximum Gasteiger partial charge on any atom is 0.408 e. The van der Waals surface area contributed by atoms with Gasteiger partial charge >= 0.3 is 6.09 Å². The Labute approximate surface area is 187 Å². The van der Waals surface area contributed by atoms with Gasteiger partial charge < -0.3 is 15.0 Å². The second-order valence-corrected chi connectivity index (χ2v) is 9.01. The van der Waals surface area contributed by atoms with Gasteiger partial charge in [-0.05, 0) is 57.9 Å². The van der Waals surface area contributed by atoms with Gasteiger partial charge in [0.15, 0.2) is 0 Å². The summed E-state index contributed by atoms with van der Waals surface area (Å²) in [5, 5.41) is 8.09. The third-order valence-electron chi connectivity index (χ3n) is 5.18. The van der Waals surface area contributed by atoms with Crippen molar-refractivity contribution in [3.8, 4) is 22.5 Å². The summed E-state index contributed by atoms with van der Waals surface area (Å²) >= 11 is 0. The fourth-order valence-corrected chi connectivity index (χ4v) is 3.76. The summed E-state index contributed by atoms with van der Waals surface area (Å²) in [5.41, 5.74) is 6.09. The van der Waals surface area contributed by atoms with Crippen LogP contribution in [-0.4, -0.2) is 36.4 Å². The number of fused-ring (bicyclic) bond motifs is 1. The Kier molecular flexibility index (Phi) is 5.46. The maximum absolute atomic E-state index is 12.1. The minimum absolute atomic E-state index is 0.186. The molecule has 0 aliphatic rings. The molecule has 0 radical (unpaired) electrons. The van der Waals surface area contributed by atoms with Crippen LogP contribution in [0.4, 0.5) is 4.79 Å². The third kappa shape index (κ3) is 4.49. The fraction of sp³-hybridized carbons (Fsp3) is 0.333. The number of hydrogen-bond donors (Lipinski definition) is 2. The van der Waals surface area contributed by atoms with E-state index in [1.165, 1.54) is 0 Å². The first kappa shape index (κ1) is 21.5. The number of amides is 1. The summed E-state index contributed by atoms with van der Waals surface area (Å²) in [6.07, 6.45) is 4.91. The molecule has 8 nitrogen and oxygen atoms in total. The average molecular weight is 433 g/mol. The van der Waals surface area contributed by atoms with Crippen LogP contribution in [0.25, 0.3) is 33.5 Å². The van der Waals surface area contributed by atoms with Gasteiger partial charge in [-0.2, -0.15) is 5.10 Å². The number of aromatic amines is 1. The Morgan fingerprint density at radius 2 is 1.97 bits per heavy atom. The van der Waals surface area contributed by atoms with Gasteiger partial charge in [-0.3, -0.25) is 4.68 Å². The Morgan fingerprint density at radius 3 is 2.62 bits per heavy atom. The van der Waals surface area contributed by atoms with Crippen LogP contribution < -0.4 is 5.32 Å². The highest BCUT2D eigenvalue weighted by Gasteiger charge is 2.20. The van der Waals surface area contributed by atoms with Gasteiger partial charge in [0, 0.05) is 29.8 Å². The van der Waals surface area contributed by atoms with Crippen molar-refractivity contribution in [2.75, 3.05) is 0 Å². The number of carbonyl (C=O) groups excluding carboxylic acids is 1. The lowest BCUT2D eigenvalue weighted by Gasteiger charge is -2.23. The predicted molar refractivity (Wildman–Crippen MR) is 124 cm³/mol. The monoisotopic (exact) mass is 432 g/mol. The summed E-state index contributed by atoms with van der Waals surface area (Å²) in [7, 11) is 1.89. The summed E-state index contributed by atoms with van der Waals surface area (Å²) in [5.74, 6) is 0. The average Bonchev–Trinajstić information content (AvgIpc) is 3.31. The Balaban J connectivity index is 1.63. The van der Waals surface area contributed by atoms with E-state index in [0.717, 1.165) is 44.7 Å². The molecule has 4 aromatic rings. The molecule has 166 valence electrons. The van der Waals surface area contributed by atoms with E-state index in [-0.39, 0.29) is 6.04 Å². The predicted octanol–water partition coefficient (Wildman–Crippen LogP) is 4.92. The highest BCUT2D eigenvalue weighted by molar-refractivity contribution is 5.94. The van der Waals surface area contributed by atoms with Crippen LogP contribution >= 0.6 is 0 Å². The molecule has 1 atom stereocenters. The van der Waals surface area contributed by atoms with Gasteiger partial charge in [0.25, 0.3) is 0 Å². The number of aromatic nitrogens is 5. The minimum Gasteiger partial charge on any atom is -0.444 e. The van der Waals surface area contributed by atoms with Crippen molar-refractivity contribution in [3.05, 3.63) is 54.1 Å². The van der Waals surface area contributed by atoms with Crippen molar-refractivity contribution in [1.29, 1.82) is 0 Å². The molecule has 0 bridgehead atoms. The van der Waals surface area contributed by atoms with Crippen LogP contribution in [0.15, 0.2) is 43.0 Å². The molecule has 1 amide bonds. The van der Waals surface area contributed by atoms with Crippen molar-refractivity contribution < 1.29 is 9.53 Å². The summed E-state index contributed by atoms with van der Waals surface area (Å²) < 4.78 is 7.14. The number of carbonyl (C=O) groups is 1. The van der Waals surface area contributed by atoms with Crippen molar-refractivity contribution >= 4 is 17.1 Å².